The van der Waals surface area contributed by atoms with Crippen LogP contribution in [0.4, 0.5) is 0 Å². The van der Waals surface area contributed by atoms with Gasteiger partial charge in [0.2, 0.25) is 0 Å². The summed E-state index contributed by atoms with van der Waals surface area (Å²) in [6, 6.07) is 3.37. The average molecular weight is 261 g/mol. The number of hydrogen-bond donors (Lipinski definition) is 1. The highest BCUT2D eigenvalue weighted by molar-refractivity contribution is 5.95. The van der Waals surface area contributed by atoms with Crippen LogP contribution in [0.2, 0.25) is 0 Å². The molecule has 0 atom stereocenters. The van der Waals surface area contributed by atoms with Crippen LogP contribution < -0.4 is 11.0 Å². The van der Waals surface area contributed by atoms with E-state index in [0.717, 1.165) is 0 Å². The van der Waals surface area contributed by atoms with Gasteiger partial charge in [-0.3, -0.25) is 9.36 Å². The zero-order valence-corrected chi connectivity index (χ0v) is 10.8. The van der Waals surface area contributed by atoms with Gasteiger partial charge >= 0.3 is 5.69 Å². The molecule has 2 aromatic rings. The first-order chi connectivity index (χ1) is 9.08. The Bertz CT molecular complexity index is 643. The minimum Gasteiger partial charge on any atom is -0.466 e. The molecule has 1 N–H and O–H groups in total. The molecule has 19 heavy (non-hydrogen) atoms. The maximum Gasteiger partial charge on any atom is 0.347 e. The largest absolute Gasteiger partial charge is 0.466 e. The van der Waals surface area contributed by atoms with Crippen molar-refractivity contribution >= 4 is 5.91 Å². The number of nitrogens with zero attached hydrogens (tertiary/aromatic N) is 2. The van der Waals surface area contributed by atoms with Crippen molar-refractivity contribution in [2.24, 2.45) is 0 Å². The molecule has 6 nitrogen and oxygen atoms in total. The third kappa shape index (κ3) is 3.09. The van der Waals surface area contributed by atoms with Crippen LogP contribution in [0.1, 0.15) is 21.9 Å². The molecule has 0 aromatic carbocycles. The van der Waals surface area contributed by atoms with Gasteiger partial charge in [-0.15, -0.1) is 0 Å². The van der Waals surface area contributed by atoms with Crippen LogP contribution in [-0.4, -0.2) is 22.0 Å². The van der Waals surface area contributed by atoms with Gasteiger partial charge in [0.05, 0.1) is 5.56 Å². The van der Waals surface area contributed by atoms with Crippen molar-refractivity contribution in [3.8, 4) is 0 Å². The van der Waals surface area contributed by atoms with Crippen LogP contribution >= 0.6 is 0 Å². The number of hydrogen-bond acceptors (Lipinski definition) is 4. The fourth-order valence-corrected chi connectivity index (χ4v) is 1.80. The van der Waals surface area contributed by atoms with Crippen molar-refractivity contribution in [1.82, 2.24) is 14.9 Å². The molecule has 6 heteroatoms. The third-order valence-corrected chi connectivity index (χ3v) is 2.71. The molecule has 2 aromatic heterocycles. The number of carbonyl (C=O) groups excluding carboxylic acids is 1. The van der Waals surface area contributed by atoms with E-state index in [0.29, 0.717) is 30.2 Å². The zero-order chi connectivity index (χ0) is 13.8. The van der Waals surface area contributed by atoms with Gasteiger partial charge in [-0.1, -0.05) is 0 Å². The Morgan fingerprint density at radius 3 is 2.89 bits per heavy atom. The normalized spacial score (nSPS) is 10.4. The lowest BCUT2D eigenvalue weighted by Gasteiger charge is -2.06. The van der Waals surface area contributed by atoms with Crippen molar-refractivity contribution in [3.05, 3.63) is 52.1 Å². The number of furan rings is 1. The van der Waals surface area contributed by atoms with E-state index >= 15 is 0 Å². The second-order valence-electron chi connectivity index (χ2n) is 4.18. The monoisotopic (exact) mass is 261 g/mol. The molecule has 0 aliphatic carbocycles. The van der Waals surface area contributed by atoms with Gasteiger partial charge in [-0.25, -0.2) is 9.78 Å². The molecule has 0 bridgehead atoms. The second-order valence-corrected chi connectivity index (χ2v) is 4.18. The van der Waals surface area contributed by atoms with E-state index in [-0.39, 0.29) is 11.6 Å². The van der Waals surface area contributed by atoms with Gasteiger partial charge in [-0.2, -0.15) is 0 Å². The van der Waals surface area contributed by atoms with E-state index in [1.54, 1.807) is 32.2 Å². The lowest BCUT2D eigenvalue weighted by atomic mass is 10.2. The van der Waals surface area contributed by atoms with Crippen molar-refractivity contribution < 1.29 is 9.21 Å². The summed E-state index contributed by atoms with van der Waals surface area (Å²) in [6.45, 7) is 4.27. The summed E-state index contributed by atoms with van der Waals surface area (Å²) in [5, 5.41) is 2.74. The van der Waals surface area contributed by atoms with Gasteiger partial charge in [-0.05, 0) is 26.0 Å². The molecule has 100 valence electrons. The molecule has 0 unspecified atom stereocenters. The number of nitrogens with one attached hydrogen (secondary N) is 1. The van der Waals surface area contributed by atoms with E-state index in [1.165, 1.54) is 10.8 Å². The molecular weight excluding hydrogens is 246 g/mol. The fourth-order valence-electron chi connectivity index (χ4n) is 1.80. The van der Waals surface area contributed by atoms with Gasteiger partial charge in [0, 0.05) is 25.5 Å². The van der Waals surface area contributed by atoms with Crippen LogP contribution in [-0.2, 0) is 6.54 Å². The summed E-state index contributed by atoms with van der Waals surface area (Å²) >= 11 is 0. The highest BCUT2D eigenvalue weighted by Crippen LogP contribution is 2.12. The third-order valence-electron chi connectivity index (χ3n) is 2.71. The van der Waals surface area contributed by atoms with Gasteiger partial charge < -0.3 is 9.73 Å². The fraction of sp³-hybridized carbons (Fsp3) is 0.308. The topological polar surface area (TPSA) is 77.1 Å². The average Bonchev–Trinajstić information content (AvgIpc) is 2.71. The van der Waals surface area contributed by atoms with Crippen molar-refractivity contribution in [2.45, 2.75) is 20.4 Å². The predicted molar refractivity (Wildman–Crippen MR) is 69.0 cm³/mol. The van der Waals surface area contributed by atoms with E-state index in [2.05, 4.69) is 10.3 Å². The van der Waals surface area contributed by atoms with Gasteiger partial charge in [0.25, 0.3) is 5.91 Å². The van der Waals surface area contributed by atoms with Crippen LogP contribution in [0.5, 0.6) is 0 Å². The quantitative estimate of drug-likeness (QED) is 0.886. The number of amides is 1. The first-order valence-corrected chi connectivity index (χ1v) is 5.94. The summed E-state index contributed by atoms with van der Waals surface area (Å²) in [6.07, 6.45) is 3.07. The number of aromatic nitrogens is 2. The van der Waals surface area contributed by atoms with E-state index in [9.17, 15) is 9.59 Å². The molecule has 2 rings (SSSR count). The molecule has 0 radical (unpaired) electrons. The standard InChI is InChI=1S/C13H15N3O3/c1-9-8-11(10(2)19-9)12(17)14-5-7-16-6-3-4-15-13(16)18/h3-4,6,8H,5,7H2,1-2H3,(H,14,17). The lowest BCUT2D eigenvalue weighted by molar-refractivity contribution is 0.0950. The summed E-state index contributed by atoms with van der Waals surface area (Å²) in [5.74, 6) is 1.09. The minimum absolute atomic E-state index is 0.203. The van der Waals surface area contributed by atoms with Crippen LogP contribution in [0, 0.1) is 13.8 Å². The summed E-state index contributed by atoms with van der Waals surface area (Å²) < 4.78 is 6.73. The summed E-state index contributed by atoms with van der Waals surface area (Å²) in [5.41, 5.74) is 0.197. The highest BCUT2D eigenvalue weighted by atomic mass is 16.3. The molecule has 0 aliphatic rings. The van der Waals surface area contributed by atoms with Crippen molar-refractivity contribution in [3.63, 3.8) is 0 Å². The molecular formula is C13H15N3O3. The van der Waals surface area contributed by atoms with Crippen molar-refractivity contribution in [2.75, 3.05) is 6.54 Å². The molecule has 0 spiro atoms. The van der Waals surface area contributed by atoms with Crippen LogP contribution in [0.3, 0.4) is 0 Å². The number of carbonyl (C=O) groups is 1. The maximum absolute atomic E-state index is 11.9. The lowest BCUT2D eigenvalue weighted by Crippen LogP contribution is -2.31. The van der Waals surface area contributed by atoms with Crippen LogP contribution in [0.15, 0.2) is 33.7 Å². The highest BCUT2D eigenvalue weighted by Gasteiger charge is 2.12. The smallest absolute Gasteiger partial charge is 0.347 e. The van der Waals surface area contributed by atoms with Crippen LogP contribution in [0.25, 0.3) is 0 Å². The van der Waals surface area contributed by atoms with Gasteiger partial charge in [0.15, 0.2) is 0 Å². The summed E-state index contributed by atoms with van der Waals surface area (Å²) in [4.78, 5) is 26.9. The Morgan fingerprint density at radius 1 is 1.47 bits per heavy atom. The SMILES string of the molecule is Cc1cc(C(=O)NCCn2cccnc2=O)c(C)o1. The Hall–Kier alpha value is -2.37. The molecule has 0 fully saturated rings. The first kappa shape index (κ1) is 13.1. The number of aryl methyl sites for hydroxylation is 2. The molecule has 0 saturated heterocycles. The van der Waals surface area contributed by atoms with E-state index in [1.807, 2.05) is 0 Å². The Kier molecular flexibility index (Phi) is 3.79. The minimum atomic E-state index is -0.327. The zero-order valence-electron chi connectivity index (χ0n) is 10.8. The van der Waals surface area contributed by atoms with E-state index in [4.69, 9.17) is 4.42 Å². The molecule has 2 heterocycles. The predicted octanol–water partition coefficient (Wildman–Crippen LogP) is 0.883. The van der Waals surface area contributed by atoms with E-state index < -0.39 is 0 Å². The first-order valence-electron chi connectivity index (χ1n) is 5.94. The van der Waals surface area contributed by atoms with Crippen molar-refractivity contribution in [1.29, 1.82) is 0 Å². The molecule has 1 amide bonds. The number of rotatable bonds is 4. The Balaban J connectivity index is 1.93. The van der Waals surface area contributed by atoms with Gasteiger partial charge in [0.1, 0.15) is 11.5 Å². The Labute approximate surface area is 110 Å². The summed E-state index contributed by atoms with van der Waals surface area (Å²) in [7, 11) is 0. The molecule has 0 aliphatic heterocycles. The molecule has 0 saturated carbocycles. The maximum atomic E-state index is 11.9. The Morgan fingerprint density at radius 2 is 2.26 bits per heavy atom. The second kappa shape index (κ2) is 5.51.